The molecule has 0 radical (unpaired) electrons. The van der Waals surface area contributed by atoms with E-state index in [1.165, 1.54) is 5.52 Å². The third-order valence-corrected chi connectivity index (χ3v) is 6.73. The quantitative estimate of drug-likeness (QED) is 0.729. The van der Waals surface area contributed by atoms with Gasteiger partial charge in [-0.05, 0) is 44.2 Å². The number of imidazole rings is 1. The lowest BCUT2D eigenvalue weighted by molar-refractivity contribution is 0.0940. The second kappa shape index (κ2) is 6.79. The van der Waals surface area contributed by atoms with Crippen LogP contribution in [0.4, 0.5) is 5.82 Å². The number of nitrogens with zero attached hydrogens (tertiary/aromatic N) is 5. The molecule has 4 heterocycles. The molecule has 1 aliphatic carbocycles. The zero-order valence-electron chi connectivity index (χ0n) is 17.3. The fraction of sp³-hybridized carbons (Fsp3) is 0.478. The van der Waals surface area contributed by atoms with Crippen LogP contribution in [0.25, 0.3) is 11.0 Å². The van der Waals surface area contributed by atoms with Crippen LogP contribution in [-0.2, 0) is 13.5 Å². The molecule has 6 rings (SSSR count). The number of amides is 1. The van der Waals surface area contributed by atoms with Crippen molar-refractivity contribution in [3.8, 4) is 0 Å². The Morgan fingerprint density at radius 1 is 1.07 bits per heavy atom. The van der Waals surface area contributed by atoms with Gasteiger partial charge in [0.2, 0.25) is 0 Å². The number of piperidine rings is 1. The third-order valence-electron chi connectivity index (χ3n) is 6.73. The summed E-state index contributed by atoms with van der Waals surface area (Å²) >= 11 is 0. The molecule has 1 saturated carbocycles. The highest BCUT2D eigenvalue weighted by atomic mass is 16.1. The molecular formula is C23H26N6O. The fourth-order valence-corrected chi connectivity index (χ4v) is 4.99. The van der Waals surface area contributed by atoms with Crippen LogP contribution in [0.2, 0.25) is 0 Å². The van der Waals surface area contributed by atoms with Crippen molar-refractivity contribution in [1.82, 2.24) is 24.8 Å². The van der Waals surface area contributed by atoms with Crippen molar-refractivity contribution in [3.05, 3.63) is 47.2 Å². The maximum atomic E-state index is 12.5. The predicted molar refractivity (Wildman–Crippen MR) is 115 cm³/mol. The molecule has 30 heavy (non-hydrogen) atoms. The number of para-hydroxylation sites is 2. The molecule has 2 fully saturated rings. The molecule has 1 atom stereocenters. The van der Waals surface area contributed by atoms with Gasteiger partial charge in [0.05, 0.1) is 11.0 Å². The van der Waals surface area contributed by atoms with Crippen LogP contribution in [0.3, 0.4) is 0 Å². The van der Waals surface area contributed by atoms with Crippen molar-refractivity contribution in [3.63, 3.8) is 0 Å². The number of hydrogen-bond acceptors (Lipinski definition) is 5. The van der Waals surface area contributed by atoms with E-state index in [0.717, 1.165) is 73.7 Å². The monoisotopic (exact) mass is 402 g/mol. The zero-order chi connectivity index (χ0) is 20.2. The number of rotatable bonds is 3. The molecule has 1 N–H and O–H groups in total. The summed E-state index contributed by atoms with van der Waals surface area (Å²) in [6.45, 7) is 2.51. The Bertz CT molecular complexity index is 1150. The van der Waals surface area contributed by atoms with Crippen LogP contribution in [0.1, 0.15) is 65.2 Å². The number of aromatic nitrogens is 4. The number of anilines is 1. The number of fused-ring (bicyclic) bond motifs is 2. The average Bonchev–Trinajstić information content (AvgIpc) is 3.58. The van der Waals surface area contributed by atoms with E-state index < -0.39 is 0 Å². The van der Waals surface area contributed by atoms with Gasteiger partial charge < -0.3 is 14.8 Å². The molecule has 7 nitrogen and oxygen atoms in total. The van der Waals surface area contributed by atoms with Gasteiger partial charge in [-0.1, -0.05) is 12.1 Å². The Morgan fingerprint density at radius 3 is 2.77 bits per heavy atom. The Hall–Kier alpha value is -2.96. The summed E-state index contributed by atoms with van der Waals surface area (Å²) in [7, 11) is 2.12. The van der Waals surface area contributed by atoms with Crippen molar-refractivity contribution in [1.29, 1.82) is 0 Å². The summed E-state index contributed by atoms with van der Waals surface area (Å²) in [5.41, 5.74) is 3.85. The first kappa shape index (κ1) is 17.9. The van der Waals surface area contributed by atoms with Gasteiger partial charge >= 0.3 is 0 Å². The number of carbonyl (C=O) groups excluding carboxylic acids is 1. The van der Waals surface area contributed by atoms with E-state index >= 15 is 0 Å². The lowest BCUT2D eigenvalue weighted by atomic mass is 9.96. The SMILES string of the molecule is Cn1c(C2CCCN(c3nc(C4CC4)nc4c3CCNC4=O)C2)nc2ccccc21. The Balaban J connectivity index is 1.38. The van der Waals surface area contributed by atoms with Crippen LogP contribution < -0.4 is 10.2 Å². The summed E-state index contributed by atoms with van der Waals surface area (Å²) < 4.78 is 2.24. The lowest BCUT2D eigenvalue weighted by Crippen LogP contribution is -2.40. The Morgan fingerprint density at radius 2 is 1.93 bits per heavy atom. The first-order valence-corrected chi connectivity index (χ1v) is 11.0. The number of carbonyl (C=O) groups is 1. The largest absolute Gasteiger partial charge is 0.356 e. The molecule has 1 unspecified atom stereocenters. The predicted octanol–water partition coefficient (Wildman–Crippen LogP) is 2.91. The van der Waals surface area contributed by atoms with Crippen molar-refractivity contribution >= 4 is 22.8 Å². The smallest absolute Gasteiger partial charge is 0.270 e. The van der Waals surface area contributed by atoms with E-state index in [2.05, 4.69) is 45.0 Å². The Labute approximate surface area is 175 Å². The summed E-state index contributed by atoms with van der Waals surface area (Å²) in [6.07, 6.45) is 5.27. The van der Waals surface area contributed by atoms with Gasteiger partial charge in [0.15, 0.2) is 0 Å². The third kappa shape index (κ3) is 2.87. The molecule has 2 aliphatic heterocycles. The summed E-state index contributed by atoms with van der Waals surface area (Å²) in [4.78, 5) is 29.5. The van der Waals surface area contributed by atoms with Crippen molar-refractivity contribution in [2.75, 3.05) is 24.5 Å². The van der Waals surface area contributed by atoms with Crippen LogP contribution >= 0.6 is 0 Å². The summed E-state index contributed by atoms with van der Waals surface area (Å²) in [6, 6.07) is 8.33. The van der Waals surface area contributed by atoms with E-state index in [4.69, 9.17) is 9.97 Å². The molecule has 3 aromatic rings. The molecule has 154 valence electrons. The topological polar surface area (TPSA) is 75.9 Å². The van der Waals surface area contributed by atoms with Crippen LogP contribution in [-0.4, -0.2) is 45.1 Å². The van der Waals surface area contributed by atoms with Gasteiger partial charge in [0.25, 0.3) is 5.91 Å². The highest BCUT2D eigenvalue weighted by Crippen LogP contribution is 2.40. The van der Waals surface area contributed by atoms with Crippen molar-refractivity contribution < 1.29 is 4.79 Å². The molecule has 7 heteroatoms. The highest BCUT2D eigenvalue weighted by Gasteiger charge is 2.34. The second-order valence-corrected chi connectivity index (χ2v) is 8.82. The Kier molecular flexibility index (Phi) is 4.04. The van der Waals surface area contributed by atoms with Gasteiger partial charge in [-0.2, -0.15) is 0 Å². The average molecular weight is 403 g/mol. The van der Waals surface area contributed by atoms with E-state index in [1.807, 2.05) is 6.07 Å². The standard InChI is InChI=1S/C23H26N6O/c1-28-18-7-3-2-6-17(18)25-21(28)15-5-4-12-29(13-15)22-16-10-11-24-23(30)19(16)26-20(27-22)14-8-9-14/h2-3,6-7,14-15H,4-5,8-13H2,1H3,(H,24,30). The second-order valence-electron chi connectivity index (χ2n) is 8.82. The minimum Gasteiger partial charge on any atom is -0.356 e. The van der Waals surface area contributed by atoms with E-state index in [0.29, 0.717) is 24.1 Å². The van der Waals surface area contributed by atoms with Crippen LogP contribution in [0.5, 0.6) is 0 Å². The van der Waals surface area contributed by atoms with E-state index in [1.54, 1.807) is 0 Å². The minimum atomic E-state index is -0.0503. The maximum absolute atomic E-state index is 12.5. The van der Waals surface area contributed by atoms with Gasteiger partial charge in [-0.3, -0.25) is 4.79 Å². The zero-order valence-corrected chi connectivity index (χ0v) is 17.3. The number of hydrogen-bond donors (Lipinski definition) is 1. The molecular weight excluding hydrogens is 376 g/mol. The van der Waals surface area contributed by atoms with Gasteiger partial charge in [-0.25, -0.2) is 15.0 Å². The molecule has 1 aromatic carbocycles. The number of nitrogens with one attached hydrogen (secondary N) is 1. The first-order chi connectivity index (χ1) is 14.7. The summed E-state index contributed by atoms with van der Waals surface area (Å²) in [5, 5.41) is 2.95. The van der Waals surface area contributed by atoms with Gasteiger partial charge in [0, 0.05) is 44.1 Å². The van der Waals surface area contributed by atoms with Crippen LogP contribution in [0, 0.1) is 0 Å². The lowest BCUT2D eigenvalue weighted by Gasteiger charge is -2.35. The van der Waals surface area contributed by atoms with Gasteiger partial charge in [-0.15, -0.1) is 0 Å². The molecule has 0 bridgehead atoms. The van der Waals surface area contributed by atoms with Crippen molar-refractivity contribution in [2.45, 2.75) is 43.9 Å². The van der Waals surface area contributed by atoms with E-state index in [-0.39, 0.29) is 5.91 Å². The van der Waals surface area contributed by atoms with Crippen LogP contribution in [0.15, 0.2) is 24.3 Å². The number of aryl methyl sites for hydroxylation is 1. The molecule has 1 amide bonds. The number of benzene rings is 1. The maximum Gasteiger partial charge on any atom is 0.270 e. The summed E-state index contributed by atoms with van der Waals surface area (Å²) in [5.74, 6) is 3.70. The van der Waals surface area contributed by atoms with Gasteiger partial charge in [0.1, 0.15) is 23.2 Å². The fourth-order valence-electron chi connectivity index (χ4n) is 4.99. The normalized spacial score (nSPS) is 21.6. The minimum absolute atomic E-state index is 0.0503. The highest BCUT2D eigenvalue weighted by molar-refractivity contribution is 5.96. The molecule has 3 aliphatic rings. The van der Waals surface area contributed by atoms with Crippen molar-refractivity contribution in [2.24, 2.45) is 7.05 Å². The molecule has 0 spiro atoms. The molecule has 1 saturated heterocycles. The van der Waals surface area contributed by atoms with E-state index in [9.17, 15) is 4.79 Å². The molecule has 2 aromatic heterocycles. The first-order valence-electron chi connectivity index (χ1n) is 11.0.